The molecule has 4 N–H and O–H groups in total. The molecule has 0 radical (unpaired) electrons. The van der Waals surface area contributed by atoms with Gasteiger partial charge in [0.25, 0.3) is 0 Å². The maximum absolute atomic E-state index is 12.9. The van der Waals surface area contributed by atoms with Crippen LogP contribution in [0.2, 0.25) is 0 Å². The fourth-order valence-corrected chi connectivity index (χ4v) is 11.7. The average Bonchev–Trinajstić information content (AvgIpc) is 0.980. The van der Waals surface area contributed by atoms with Crippen molar-refractivity contribution in [2.45, 2.75) is 322 Å². The Morgan fingerprint density at radius 2 is 0.525 bits per heavy atom. The number of hydrogen-bond donors (Lipinski definition) is 4. The van der Waals surface area contributed by atoms with Crippen molar-refractivity contribution in [3.8, 4) is 0 Å². The van der Waals surface area contributed by atoms with E-state index in [0.717, 1.165) is 173 Å². The zero-order valence-electron chi connectivity index (χ0n) is 63.0. The predicted octanol–water partition coefficient (Wildman–Crippen LogP) is 22.9. The second kappa shape index (κ2) is 75.1. The van der Waals surface area contributed by atoms with Gasteiger partial charge in [0.15, 0.2) is 6.10 Å². The second-order valence-corrected chi connectivity index (χ2v) is 28.7. The van der Waals surface area contributed by atoms with Gasteiger partial charge in [-0.1, -0.05) is 289 Å². The SMILES string of the molecule is CC/C=C\C/C=C\C/C=C\C/C=C\C/C=C\C/C=C\CCCCCCCCCCCCCCC(=O)OCC(O)COP(=O)(O)OCC(O)COP(=O)(O)OCC(COC(=O)CCCCCCCC/C=C\C/C=C\C/C=C\CCCCC)OC(=O)CCCCCCC/C=C\C/C=C\C/C=C\CC. The van der Waals surface area contributed by atoms with Crippen molar-refractivity contribution < 1.29 is 75.8 Å². The van der Waals surface area contributed by atoms with E-state index in [1.807, 2.05) is 0 Å². The number of hydrogen-bond acceptors (Lipinski definition) is 14. The van der Waals surface area contributed by atoms with Crippen LogP contribution in [-0.2, 0) is 55.8 Å². The highest BCUT2D eigenvalue weighted by Gasteiger charge is 2.29. The van der Waals surface area contributed by atoms with Crippen molar-refractivity contribution in [2.75, 3.05) is 39.6 Å². The topological polar surface area (TPSA) is 231 Å². The van der Waals surface area contributed by atoms with E-state index in [4.69, 9.17) is 32.3 Å². The van der Waals surface area contributed by atoms with Crippen LogP contribution in [0.25, 0.3) is 0 Å². The van der Waals surface area contributed by atoms with Crippen LogP contribution < -0.4 is 0 Å². The van der Waals surface area contributed by atoms with E-state index >= 15 is 0 Å². The summed E-state index contributed by atoms with van der Waals surface area (Å²) in [4.78, 5) is 58.6. The fourth-order valence-electron chi connectivity index (χ4n) is 10.1. The minimum atomic E-state index is -4.94. The molecule has 0 spiro atoms. The molecule has 5 unspecified atom stereocenters. The summed E-state index contributed by atoms with van der Waals surface area (Å²) in [5.41, 5.74) is 0. The Morgan fingerprint density at radius 3 is 0.832 bits per heavy atom. The maximum atomic E-state index is 12.9. The van der Waals surface area contributed by atoms with E-state index in [0.29, 0.717) is 19.3 Å². The normalized spacial score (nSPS) is 14.8. The van der Waals surface area contributed by atoms with Crippen molar-refractivity contribution in [3.63, 3.8) is 0 Å². The average molecular weight is 1460 g/mol. The van der Waals surface area contributed by atoms with E-state index in [9.17, 15) is 43.5 Å². The van der Waals surface area contributed by atoms with Crippen LogP contribution in [0.3, 0.4) is 0 Å². The van der Waals surface area contributed by atoms with Crippen LogP contribution in [0, 0.1) is 0 Å². The molecule has 0 aliphatic heterocycles. The molecule has 18 heteroatoms. The predicted molar refractivity (Wildman–Crippen MR) is 417 cm³/mol. The summed E-state index contributed by atoms with van der Waals surface area (Å²) >= 11 is 0. The molecule has 0 saturated heterocycles. The lowest BCUT2D eigenvalue weighted by atomic mass is 10.0. The van der Waals surface area contributed by atoms with Crippen LogP contribution in [0.5, 0.6) is 0 Å². The number of esters is 3. The Hall–Kier alpha value is -4.57. The molecule has 578 valence electrons. The summed E-state index contributed by atoms with van der Waals surface area (Å²) in [6.07, 6.45) is 91.8. The van der Waals surface area contributed by atoms with Gasteiger partial charge in [-0.15, -0.1) is 0 Å². The zero-order chi connectivity index (χ0) is 73.7. The van der Waals surface area contributed by atoms with Crippen LogP contribution in [-0.4, -0.2) is 95.9 Å². The number of aliphatic hydroxyl groups excluding tert-OH is 2. The van der Waals surface area contributed by atoms with Gasteiger partial charge in [-0.05, 0) is 141 Å². The number of unbranched alkanes of at least 4 members (excludes halogenated alkanes) is 26. The van der Waals surface area contributed by atoms with E-state index in [2.05, 4.69) is 167 Å². The third-order valence-electron chi connectivity index (χ3n) is 16.0. The van der Waals surface area contributed by atoms with Gasteiger partial charge in [-0.3, -0.25) is 32.5 Å². The first-order valence-electron chi connectivity index (χ1n) is 39.1. The molecule has 0 aromatic carbocycles. The molecule has 0 aliphatic rings. The third-order valence-corrected chi connectivity index (χ3v) is 17.9. The summed E-state index contributed by atoms with van der Waals surface area (Å²) in [7, 11) is -9.80. The number of phosphoric acid groups is 2. The van der Waals surface area contributed by atoms with E-state index < -0.39 is 91.5 Å². The van der Waals surface area contributed by atoms with Gasteiger partial charge in [0, 0.05) is 19.3 Å². The molecule has 0 saturated carbocycles. The van der Waals surface area contributed by atoms with Crippen LogP contribution in [0.15, 0.2) is 146 Å². The molecule has 0 aromatic heterocycles. The van der Waals surface area contributed by atoms with Crippen LogP contribution in [0.1, 0.15) is 303 Å². The molecule has 0 fully saturated rings. The first kappa shape index (κ1) is 96.4. The Bertz CT molecular complexity index is 2420. The fraction of sp³-hybridized carbons (Fsp3) is 0.675. The summed E-state index contributed by atoms with van der Waals surface area (Å²) in [6.45, 7) is 2.39. The molecule has 16 nitrogen and oxygen atoms in total. The van der Waals surface area contributed by atoms with Crippen molar-refractivity contribution >= 4 is 33.6 Å². The molecule has 5 atom stereocenters. The minimum absolute atomic E-state index is 0.0790. The molecular formula is C83H140O16P2. The monoisotopic (exact) mass is 1450 g/mol. The highest BCUT2D eigenvalue weighted by molar-refractivity contribution is 7.47. The summed E-state index contributed by atoms with van der Waals surface area (Å²) < 4.78 is 61.1. The Labute approximate surface area is 613 Å². The molecule has 101 heavy (non-hydrogen) atoms. The van der Waals surface area contributed by atoms with E-state index in [1.165, 1.54) is 70.6 Å². The first-order valence-corrected chi connectivity index (χ1v) is 42.1. The number of aliphatic hydroxyl groups is 2. The van der Waals surface area contributed by atoms with Crippen molar-refractivity contribution in [3.05, 3.63) is 146 Å². The van der Waals surface area contributed by atoms with Gasteiger partial charge in [-0.25, -0.2) is 9.13 Å². The number of allylic oxidation sites excluding steroid dienone is 24. The molecular weight excluding hydrogens is 1310 g/mol. The van der Waals surface area contributed by atoms with Gasteiger partial charge >= 0.3 is 33.6 Å². The van der Waals surface area contributed by atoms with Gasteiger partial charge in [0.05, 0.1) is 26.4 Å². The summed E-state index contributed by atoms with van der Waals surface area (Å²) in [5.74, 6) is -1.61. The summed E-state index contributed by atoms with van der Waals surface area (Å²) in [5, 5.41) is 20.6. The number of carbonyl (C=O) groups is 3. The van der Waals surface area contributed by atoms with Gasteiger partial charge in [0.1, 0.15) is 25.4 Å². The Kier molecular flexibility index (Phi) is 71.7. The van der Waals surface area contributed by atoms with Crippen LogP contribution in [0.4, 0.5) is 0 Å². The molecule has 0 heterocycles. The maximum Gasteiger partial charge on any atom is 0.472 e. The standard InChI is InChI=1S/C83H140O16P2/c1-4-7-10-13-16-19-22-25-28-30-32-33-34-35-36-37-38-39-40-41-42-43-45-47-49-51-54-57-60-63-66-69-81(86)93-72-78(84)73-95-100(89,90)96-74-79(85)75-97-101(91,92)98-77-80(99-83(88)71-68-65-62-59-56-53-48-27-24-21-18-15-12-9-6-3)76-94-82(87)70-67-64-61-58-55-52-50-46-44-31-29-26-23-20-17-14-11-8-5-2/h7,9-10,12,16-21,25-29,32-33,35-36,38-39,44,46,48,78-80,84-85H,4-6,8,11,13-15,22-24,30-31,34,37,40-43,45,47,49-77H2,1-3H3,(H,89,90)(H,91,92)/b10-7-,12-9-,19-16-,20-17-,21-18-,28-25-,29-26-,33-32-,36-35-,39-38-,46-44-,48-27-. The van der Waals surface area contributed by atoms with Gasteiger partial charge in [0.2, 0.25) is 0 Å². The van der Waals surface area contributed by atoms with Crippen molar-refractivity contribution in [2.24, 2.45) is 0 Å². The molecule has 0 aliphatic carbocycles. The first-order chi connectivity index (χ1) is 49.2. The lowest BCUT2D eigenvalue weighted by molar-refractivity contribution is -0.161. The lowest BCUT2D eigenvalue weighted by Crippen LogP contribution is -2.30. The van der Waals surface area contributed by atoms with Gasteiger partial charge in [-0.2, -0.15) is 0 Å². The van der Waals surface area contributed by atoms with Crippen molar-refractivity contribution in [1.82, 2.24) is 0 Å². The molecule has 0 amide bonds. The molecule has 0 rings (SSSR count). The largest absolute Gasteiger partial charge is 0.472 e. The number of carbonyl (C=O) groups excluding carboxylic acids is 3. The smallest absolute Gasteiger partial charge is 0.463 e. The Morgan fingerprint density at radius 1 is 0.287 bits per heavy atom. The highest BCUT2D eigenvalue weighted by Crippen LogP contribution is 2.45. The van der Waals surface area contributed by atoms with Gasteiger partial charge < -0.3 is 34.2 Å². The molecule has 0 aromatic rings. The number of phosphoric ester groups is 2. The minimum Gasteiger partial charge on any atom is -0.463 e. The van der Waals surface area contributed by atoms with E-state index in [1.54, 1.807) is 0 Å². The Balaban J connectivity index is 4.51. The number of rotatable bonds is 73. The quantitative estimate of drug-likeness (QED) is 0.0146. The second-order valence-electron chi connectivity index (χ2n) is 25.7. The zero-order valence-corrected chi connectivity index (χ0v) is 64.8. The van der Waals surface area contributed by atoms with Crippen LogP contribution >= 0.6 is 15.6 Å². The molecule has 0 bridgehead atoms. The van der Waals surface area contributed by atoms with Crippen molar-refractivity contribution in [1.29, 1.82) is 0 Å². The number of ether oxygens (including phenoxy) is 3. The lowest BCUT2D eigenvalue weighted by Gasteiger charge is -2.21. The highest BCUT2D eigenvalue weighted by atomic mass is 31.2. The summed E-state index contributed by atoms with van der Waals surface area (Å²) in [6, 6.07) is 0. The van der Waals surface area contributed by atoms with E-state index in [-0.39, 0.29) is 19.3 Å². The third kappa shape index (κ3) is 76.4.